The quantitative estimate of drug-likeness (QED) is 0.685. The van der Waals surface area contributed by atoms with E-state index in [4.69, 9.17) is 10.5 Å². The van der Waals surface area contributed by atoms with Gasteiger partial charge in [0.05, 0.1) is 30.1 Å². The van der Waals surface area contributed by atoms with Gasteiger partial charge in [-0.25, -0.2) is 10.2 Å². The number of carbonyl (C=O) groups is 2. The Morgan fingerprint density at radius 1 is 1.20 bits per heavy atom. The van der Waals surface area contributed by atoms with Crippen molar-refractivity contribution in [2.24, 2.45) is 5.73 Å². The molecule has 1 atom stereocenters. The number of rotatable bonds is 3. The second kappa shape index (κ2) is 5.64. The van der Waals surface area contributed by atoms with E-state index in [1.54, 1.807) is 19.2 Å². The monoisotopic (exact) mass is 336 g/mol. The van der Waals surface area contributed by atoms with Crippen LogP contribution >= 0.6 is 0 Å². The van der Waals surface area contributed by atoms with Gasteiger partial charge in [-0.15, -0.1) is 0 Å². The molecule has 7 nitrogen and oxygen atoms in total. The largest absolute Gasteiger partial charge is 0.497 e. The van der Waals surface area contributed by atoms with Gasteiger partial charge in [0.15, 0.2) is 5.78 Å². The Balaban J connectivity index is 1.81. The summed E-state index contributed by atoms with van der Waals surface area (Å²) in [5.74, 6) is 0.610. The van der Waals surface area contributed by atoms with Crippen LogP contribution in [0.1, 0.15) is 27.5 Å². The van der Waals surface area contributed by atoms with Crippen LogP contribution in [-0.2, 0) is 0 Å². The van der Waals surface area contributed by atoms with Crippen molar-refractivity contribution >= 4 is 23.2 Å². The molecular weight excluding hydrogens is 320 g/mol. The maximum absolute atomic E-state index is 13.0. The van der Waals surface area contributed by atoms with Gasteiger partial charge >= 0.3 is 6.03 Å². The van der Waals surface area contributed by atoms with E-state index in [1.165, 1.54) is 0 Å². The minimum absolute atomic E-state index is 0.132. The summed E-state index contributed by atoms with van der Waals surface area (Å²) < 4.78 is 5.17. The number of carbonyl (C=O) groups excluding carboxylic acids is 2. The number of ketones is 1. The molecule has 1 heterocycles. The number of ether oxygens (including phenoxy) is 1. The summed E-state index contributed by atoms with van der Waals surface area (Å²) in [5.41, 5.74) is 15.4. The fraction of sp³-hybridized carbons (Fsp3) is 0.111. The Morgan fingerprint density at radius 2 is 1.96 bits per heavy atom. The lowest BCUT2D eigenvalue weighted by molar-refractivity contribution is 0.103. The number of nitrogens with one attached hydrogen (secondary N) is 3. The molecule has 5 N–H and O–H groups in total. The highest BCUT2D eigenvalue weighted by molar-refractivity contribution is 6.22. The first kappa shape index (κ1) is 15.2. The number of urea groups is 1. The molecule has 2 aliphatic rings. The van der Waals surface area contributed by atoms with Gasteiger partial charge in [0.2, 0.25) is 0 Å². The predicted octanol–water partition coefficient (Wildman–Crippen LogP) is 1.94. The van der Waals surface area contributed by atoms with Gasteiger partial charge in [-0.1, -0.05) is 12.1 Å². The molecule has 2 aromatic carbocycles. The molecule has 0 radical (unpaired) electrons. The number of methoxy groups -OCH3 is 1. The summed E-state index contributed by atoms with van der Waals surface area (Å²) in [6, 6.07) is 11.8. The molecule has 1 aliphatic carbocycles. The second-order valence-corrected chi connectivity index (χ2v) is 5.81. The van der Waals surface area contributed by atoms with Crippen molar-refractivity contribution in [3.05, 3.63) is 64.7 Å². The number of hydrazine groups is 1. The van der Waals surface area contributed by atoms with Crippen molar-refractivity contribution in [1.29, 1.82) is 0 Å². The Labute approximate surface area is 143 Å². The molecule has 126 valence electrons. The van der Waals surface area contributed by atoms with E-state index in [1.807, 2.05) is 30.3 Å². The second-order valence-electron chi connectivity index (χ2n) is 5.81. The lowest BCUT2D eigenvalue weighted by atomic mass is 10.0. The van der Waals surface area contributed by atoms with Crippen molar-refractivity contribution in [3.8, 4) is 5.75 Å². The first-order valence-corrected chi connectivity index (χ1v) is 7.74. The number of hydrogen-bond donors (Lipinski definition) is 4. The number of Topliss-reactive ketones (excluding diaryl/α,β-unsaturated/α-hetero) is 1. The van der Waals surface area contributed by atoms with Crippen LogP contribution in [-0.4, -0.2) is 18.9 Å². The smallest absolute Gasteiger partial charge is 0.316 e. The molecule has 0 saturated heterocycles. The molecule has 2 amide bonds. The van der Waals surface area contributed by atoms with Crippen molar-refractivity contribution in [2.75, 3.05) is 12.4 Å². The van der Waals surface area contributed by atoms with Crippen LogP contribution in [0.5, 0.6) is 5.75 Å². The predicted molar refractivity (Wildman–Crippen MR) is 92.9 cm³/mol. The summed E-state index contributed by atoms with van der Waals surface area (Å²) in [4.78, 5) is 24.2. The maximum Gasteiger partial charge on any atom is 0.316 e. The number of anilines is 1. The minimum Gasteiger partial charge on any atom is -0.497 e. The molecule has 7 heteroatoms. The highest BCUT2D eigenvalue weighted by Crippen LogP contribution is 2.44. The average Bonchev–Trinajstić information content (AvgIpc) is 3.16. The van der Waals surface area contributed by atoms with Gasteiger partial charge in [-0.05, 0) is 41.5 Å². The topological polar surface area (TPSA) is 105 Å². The van der Waals surface area contributed by atoms with Gasteiger partial charge in [-0.3, -0.25) is 4.79 Å². The number of hydrogen-bond acceptors (Lipinski definition) is 5. The van der Waals surface area contributed by atoms with Crippen LogP contribution in [0.3, 0.4) is 0 Å². The van der Waals surface area contributed by atoms with Crippen molar-refractivity contribution in [1.82, 2.24) is 10.9 Å². The maximum atomic E-state index is 13.0. The highest BCUT2D eigenvalue weighted by Gasteiger charge is 2.42. The zero-order valence-corrected chi connectivity index (χ0v) is 13.4. The number of benzene rings is 2. The summed E-state index contributed by atoms with van der Waals surface area (Å²) in [6.45, 7) is 0. The van der Waals surface area contributed by atoms with Crippen LogP contribution in [0.4, 0.5) is 10.5 Å². The summed E-state index contributed by atoms with van der Waals surface area (Å²) in [5, 5.41) is 2.53. The van der Waals surface area contributed by atoms with Crippen LogP contribution in [0, 0.1) is 0 Å². The lowest BCUT2D eigenvalue weighted by Gasteiger charge is -2.11. The first-order valence-electron chi connectivity index (χ1n) is 7.74. The fourth-order valence-corrected chi connectivity index (χ4v) is 3.33. The summed E-state index contributed by atoms with van der Waals surface area (Å²) in [6.07, 6.45) is 0. The summed E-state index contributed by atoms with van der Waals surface area (Å²) in [7, 11) is 1.60. The van der Waals surface area contributed by atoms with Gasteiger partial charge in [0.25, 0.3) is 0 Å². The van der Waals surface area contributed by atoms with Crippen LogP contribution < -0.4 is 26.6 Å². The molecule has 0 saturated carbocycles. The molecule has 1 unspecified atom stereocenters. The molecule has 2 aromatic rings. The lowest BCUT2D eigenvalue weighted by Crippen LogP contribution is -2.26. The van der Waals surface area contributed by atoms with Crippen molar-refractivity contribution in [3.63, 3.8) is 0 Å². The Morgan fingerprint density at radius 3 is 2.64 bits per heavy atom. The third-order valence-corrected chi connectivity index (χ3v) is 4.42. The van der Waals surface area contributed by atoms with E-state index in [-0.39, 0.29) is 11.8 Å². The normalized spacial score (nSPS) is 17.8. The summed E-state index contributed by atoms with van der Waals surface area (Å²) >= 11 is 0. The van der Waals surface area contributed by atoms with Gasteiger partial charge in [0.1, 0.15) is 5.75 Å². The van der Waals surface area contributed by atoms with E-state index in [0.717, 1.165) is 22.6 Å². The van der Waals surface area contributed by atoms with Gasteiger partial charge < -0.3 is 21.2 Å². The van der Waals surface area contributed by atoms with E-state index in [2.05, 4.69) is 16.2 Å². The van der Waals surface area contributed by atoms with Gasteiger partial charge in [0, 0.05) is 5.57 Å². The van der Waals surface area contributed by atoms with Crippen LogP contribution in [0.15, 0.2) is 48.0 Å². The number of fused-ring (bicyclic) bond motifs is 3. The van der Waals surface area contributed by atoms with E-state index in [0.29, 0.717) is 16.8 Å². The van der Waals surface area contributed by atoms with Crippen molar-refractivity contribution < 1.29 is 14.3 Å². The molecule has 0 spiro atoms. The third-order valence-electron chi connectivity index (χ3n) is 4.42. The van der Waals surface area contributed by atoms with Crippen LogP contribution in [0.25, 0.3) is 5.70 Å². The Hall–Kier alpha value is -3.32. The third kappa shape index (κ3) is 2.33. The molecular formula is C18H16N4O3. The number of primary amides is 1. The Kier molecular flexibility index (Phi) is 3.43. The van der Waals surface area contributed by atoms with E-state index in [9.17, 15) is 9.59 Å². The van der Waals surface area contributed by atoms with E-state index >= 15 is 0 Å². The average molecular weight is 336 g/mol. The zero-order chi connectivity index (χ0) is 17.6. The fourth-order valence-electron chi connectivity index (χ4n) is 3.33. The van der Waals surface area contributed by atoms with Gasteiger partial charge in [-0.2, -0.15) is 0 Å². The SMILES string of the molecule is COc1ccc(C2=C3C(=O)c4c(NC(N)=O)cccc4C3NN2)cc1. The molecule has 0 fully saturated rings. The number of nitrogens with two attached hydrogens (primary N) is 1. The standard InChI is InChI=1S/C18H16N4O3/c1-25-10-7-5-9(6-8-10)15-14-16(22-21-15)11-3-2-4-12(20-18(19)24)13(11)17(14)23/h2-8,16,21-22H,1H3,(H3,19,20,24). The van der Waals surface area contributed by atoms with E-state index < -0.39 is 6.03 Å². The van der Waals surface area contributed by atoms with Crippen LogP contribution in [0.2, 0.25) is 0 Å². The Bertz CT molecular complexity index is 918. The number of amides is 2. The molecule has 4 rings (SSSR count). The molecule has 0 aromatic heterocycles. The molecule has 0 bridgehead atoms. The first-order chi connectivity index (χ1) is 12.1. The molecule has 25 heavy (non-hydrogen) atoms. The highest BCUT2D eigenvalue weighted by atomic mass is 16.5. The van der Waals surface area contributed by atoms with Crippen molar-refractivity contribution in [2.45, 2.75) is 6.04 Å². The zero-order valence-electron chi connectivity index (χ0n) is 13.4. The molecule has 1 aliphatic heterocycles. The minimum atomic E-state index is -0.700.